The number of benzene rings is 3. The lowest BCUT2D eigenvalue weighted by molar-refractivity contribution is -0.103. The van der Waals surface area contributed by atoms with E-state index in [0.29, 0.717) is 23.4 Å². The van der Waals surface area contributed by atoms with Crippen LogP contribution in [-0.2, 0) is 6.42 Å². The fraction of sp³-hybridized carbons (Fsp3) is 0.194. The van der Waals surface area contributed by atoms with Gasteiger partial charge in [0.15, 0.2) is 11.5 Å². The number of ether oxygens (including phenoxy) is 2. The second-order valence-electron chi connectivity index (χ2n) is 9.51. The van der Waals surface area contributed by atoms with Gasteiger partial charge < -0.3 is 20.5 Å². The average Bonchev–Trinajstić information content (AvgIpc) is 3.29. The van der Waals surface area contributed by atoms with Crippen molar-refractivity contribution in [1.82, 2.24) is 0 Å². The summed E-state index contributed by atoms with van der Waals surface area (Å²) in [5.74, 6) is 0.0334. The molecule has 2 aliphatic rings. The smallest absolute Gasteiger partial charge is 0.261 e. The normalized spacial score (nSPS) is 15.8. The first-order valence-corrected chi connectivity index (χ1v) is 12.9. The Kier molecular flexibility index (Phi) is 7.64. The Morgan fingerprint density at radius 3 is 2.51 bits per heavy atom. The predicted octanol–water partition coefficient (Wildman–Crippen LogP) is 5.01. The summed E-state index contributed by atoms with van der Waals surface area (Å²) in [6.07, 6.45) is 7.75. The number of para-hydroxylation sites is 1. The highest BCUT2D eigenvalue weighted by atomic mass is 17.2. The Morgan fingerprint density at radius 2 is 1.80 bits per heavy atom. The number of nitrogens with two attached hydrogens (primary N) is 1. The lowest BCUT2D eigenvalue weighted by Gasteiger charge is -2.22. The van der Waals surface area contributed by atoms with E-state index >= 15 is 0 Å². The molecule has 10 heteroatoms. The zero-order valence-electron chi connectivity index (χ0n) is 22.9. The zero-order valence-corrected chi connectivity index (χ0v) is 22.9. The molecule has 3 aromatic carbocycles. The molecule has 0 fully saturated rings. The first-order valence-electron chi connectivity index (χ1n) is 12.9. The molecule has 0 aromatic heterocycles. The molecule has 0 aliphatic carbocycles. The number of hydrogen-bond donors (Lipinski definition) is 2. The number of fused-ring (bicyclic) bond motifs is 4. The molecule has 0 radical (unpaired) electrons. The van der Waals surface area contributed by atoms with Crippen molar-refractivity contribution in [1.29, 1.82) is 0 Å². The van der Waals surface area contributed by atoms with Crippen LogP contribution >= 0.6 is 0 Å². The monoisotopic (exact) mass is 554 g/mol. The van der Waals surface area contributed by atoms with Gasteiger partial charge in [-0.3, -0.25) is 29.3 Å². The molecule has 0 saturated heterocycles. The van der Waals surface area contributed by atoms with Crippen molar-refractivity contribution in [3.63, 3.8) is 0 Å². The van der Waals surface area contributed by atoms with E-state index in [1.165, 1.54) is 20.3 Å². The number of nitrogens with one attached hydrogen (secondary N) is 1. The van der Waals surface area contributed by atoms with Crippen LogP contribution in [0.5, 0.6) is 23.0 Å². The number of methoxy groups -OCH3 is 2. The molecule has 3 aromatic rings. The first kappa shape index (κ1) is 27.3. The van der Waals surface area contributed by atoms with Gasteiger partial charge in [0.1, 0.15) is 0 Å². The van der Waals surface area contributed by atoms with Crippen LogP contribution < -0.4 is 35.2 Å². The molecule has 2 amide bonds. The third-order valence-electron chi connectivity index (χ3n) is 6.84. The van der Waals surface area contributed by atoms with Crippen LogP contribution in [0.4, 0.5) is 17.1 Å². The molecule has 2 atom stereocenters. The van der Waals surface area contributed by atoms with Gasteiger partial charge in [0.25, 0.3) is 11.8 Å². The van der Waals surface area contributed by atoms with Crippen LogP contribution in [0.2, 0.25) is 0 Å². The molecule has 1 unspecified atom stereocenters. The van der Waals surface area contributed by atoms with E-state index < -0.39 is 5.91 Å². The summed E-state index contributed by atoms with van der Waals surface area (Å²) in [7, 11) is 2.90. The number of anilines is 2. The van der Waals surface area contributed by atoms with Crippen LogP contribution in [0.1, 0.15) is 33.2 Å². The van der Waals surface area contributed by atoms with Crippen molar-refractivity contribution >= 4 is 35.1 Å². The highest BCUT2D eigenvalue weighted by Crippen LogP contribution is 2.42. The van der Waals surface area contributed by atoms with Crippen molar-refractivity contribution in [2.75, 3.05) is 24.4 Å². The van der Waals surface area contributed by atoms with E-state index in [0.717, 1.165) is 11.3 Å². The van der Waals surface area contributed by atoms with E-state index in [9.17, 15) is 9.59 Å². The topological polar surface area (TPSA) is 125 Å². The Labute approximate surface area is 237 Å². The van der Waals surface area contributed by atoms with Gasteiger partial charge in [-0.05, 0) is 30.7 Å². The molecule has 2 heterocycles. The minimum absolute atomic E-state index is 0.157. The molecule has 10 nitrogen and oxygen atoms in total. The third-order valence-corrected chi connectivity index (χ3v) is 6.84. The number of allylic oxidation sites excluding steroid dienone is 2. The second-order valence-corrected chi connectivity index (χ2v) is 9.51. The summed E-state index contributed by atoms with van der Waals surface area (Å²) in [5, 5.41) is 3.21. The van der Waals surface area contributed by atoms with Crippen LogP contribution in [-0.4, -0.2) is 44.3 Å². The van der Waals surface area contributed by atoms with Gasteiger partial charge in [-0.1, -0.05) is 43.0 Å². The van der Waals surface area contributed by atoms with Gasteiger partial charge in [0, 0.05) is 36.5 Å². The minimum Gasteiger partial charge on any atom is -0.493 e. The van der Waals surface area contributed by atoms with E-state index in [4.69, 9.17) is 25.0 Å². The maximum atomic E-state index is 13.6. The van der Waals surface area contributed by atoms with Crippen LogP contribution in [0, 0.1) is 0 Å². The lowest BCUT2D eigenvalue weighted by Crippen LogP contribution is -2.37. The van der Waals surface area contributed by atoms with E-state index in [2.05, 4.69) is 16.9 Å². The van der Waals surface area contributed by atoms with Crippen molar-refractivity contribution in [2.24, 2.45) is 10.7 Å². The molecule has 0 bridgehead atoms. The maximum Gasteiger partial charge on any atom is 0.261 e. The Morgan fingerprint density at radius 1 is 1.10 bits per heavy atom. The largest absolute Gasteiger partial charge is 0.493 e. The van der Waals surface area contributed by atoms with E-state index in [1.54, 1.807) is 41.5 Å². The van der Waals surface area contributed by atoms with Crippen molar-refractivity contribution in [3.05, 3.63) is 90.0 Å². The number of carbonyl (C=O) groups is 2. The Bertz CT molecular complexity index is 1580. The molecular weight excluding hydrogens is 524 g/mol. The fourth-order valence-electron chi connectivity index (χ4n) is 4.88. The number of hydrogen-bond acceptors (Lipinski definition) is 8. The number of nitrogens with zero attached hydrogens (tertiary/aromatic N) is 2. The number of aliphatic imine (C=N–C) groups is 1. The van der Waals surface area contributed by atoms with Gasteiger partial charge >= 0.3 is 0 Å². The van der Waals surface area contributed by atoms with Gasteiger partial charge in [-0.15, -0.1) is 0 Å². The summed E-state index contributed by atoms with van der Waals surface area (Å²) >= 11 is 0. The SMILES string of the molecule is C=C/C=C\C(C)Nc1cc(OOc2cc3c(cc2OC)C(=O)N2c4ccccc4C[C@H]2C=N3)c(OC)cc1C(N)=O. The summed E-state index contributed by atoms with van der Waals surface area (Å²) in [6, 6.07) is 13.7. The quantitative estimate of drug-likeness (QED) is 0.205. The zero-order chi connectivity index (χ0) is 29.1. The molecule has 2 aliphatic heterocycles. The summed E-state index contributed by atoms with van der Waals surface area (Å²) in [5.41, 5.74) is 9.01. The van der Waals surface area contributed by atoms with Crippen molar-refractivity contribution in [3.8, 4) is 23.0 Å². The highest BCUT2D eigenvalue weighted by Gasteiger charge is 2.36. The molecule has 5 rings (SSSR count). The number of carbonyl (C=O) groups excluding carboxylic acids is 2. The van der Waals surface area contributed by atoms with E-state index in [-0.39, 0.29) is 46.6 Å². The molecule has 0 spiro atoms. The Hall–Kier alpha value is -5.25. The fourth-order valence-corrected chi connectivity index (χ4v) is 4.88. The maximum absolute atomic E-state index is 13.6. The summed E-state index contributed by atoms with van der Waals surface area (Å²) < 4.78 is 11.0. The van der Waals surface area contributed by atoms with Gasteiger partial charge in [0.05, 0.1) is 42.8 Å². The number of primary amides is 1. The Balaban J connectivity index is 1.45. The molecule has 0 saturated carbocycles. The van der Waals surface area contributed by atoms with Crippen molar-refractivity contribution in [2.45, 2.75) is 25.4 Å². The standard InChI is InChI=1S/C31H30N4O6/c1-5-6-9-18(2)34-24-16-29(26(38-3)13-21(24)30(32)36)41-40-28-15-23-22(14-27(28)39-4)31(37)35-20(17-33-23)12-19-10-7-8-11-25(19)35/h5-11,13-18,20,34H,1,12H2,2-4H3,(H2,32,36)/b9-6-/t18?,20-/m0/s1. The molecule has 210 valence electrons. The molecule has 3 N–H and O–H groups in total. The van der Waals surface area contributed by atoms with Crippen LogP contribution in [0.25, 0.3) is 0 Å². The molecule has 41 heavy (non-hydrogen) atoms. The van der Waals surface area contributed by atoms with Gasteiger partial charge in [-0.25, -0.2) is 0 Å². The van der Waals surface area contributed by atoms with Crippen LogP contribution in [0.3, 0.4) is 0 Å². The van der Waals surface area contributed by atoms with Crippen LogP contribution in [0.15, 0.2) is 78.3 Å². The highest BCUT2D eigenvalue weighted by molar-refractivity contribution is 6.14. The van der Waals surface area contributed by atoms with Crippen molar-refractivity contribution < 1.29 is 28.8 Å². The third kappa shape index (κ3) is 5.31. The number of rotatable bonds is 10. The van der Waals surface area contributed by atoms with E-state index in [1.807, 2.05) is 37.3 Å². The van der Waals surface area contributed by atoms with Gasteiger partial charge in [-0.2, -0.15) is 0 Å². The average molecular weight is 555 g/mol. The molecular formula is C31H30N4O6. The first-order chi connectivity index (χ1) is 19.8. The predicted molar refractivity (Wildman–Crippen MR) is 157 cm³/mol. The number of amides is 2. The van der Waals surface area contributed by atoms with Gasteiger partial charge in [0.2, 0.25) is 11.5 Å². The minimum atomic E-state index is -0.642. The summed E-state index contributed by atoms with van der Waals surface area (Å²) in [4.78, 5) is 43.6. The lowest BCUT2D eigenvalue weighted by atomic mass is 10.1. The second kappa shape index (κ2) is 11.5. The summed E-state index contributed by atoms with van der Waals surface area (Å²) in [6.45, 7) is 5.57.